The van der Waals surface area contributed by atoms with Crippen molar-refractivity contribution < 1.29 is 33.8 Å². The molecule has 4 amide bonds. The van der Waals surface area contributed by atoms with Crippen LogP contribution in [0.5, 0.6) is 5.75 Å². The number of pyridine rings is 1. The Morgan fingerprint density at radius 2 is 1.79 bits per heavy atom. The highest BCUT2D eigenvalue weighted by Gasteiger charge is 2.61. The van der Waals surface area contributed by atoms with Gasteiger partial charge in [-0.25, -0.2) is 4.79 Å². The van der Waals surface area contributed by atoms with E-state index in [1.165, 1.54) is 11.8 Å². The minimum atomic E-state index is -1.36. The number of nitrogens with one attached hydrogen (secondary N) is 3. The molecule has 3 aliphatic rings. The number of ether oxygens (including phenoxy) is 1. The van der Waals surface area contributed by atoms with Gasteiger partial charge in [0, 0.05) is 24.9 Å². The molecule has 1 unspecified atom stereocenters. The van der Waals surface area contributed by atoms with Gasteiger partial charge in [0.05, 0.1) is 12.1 Å². The van der Waals surface area contributed by atoms with Crippen molar-refractivity contribution in [3.63, 3.8) is 0 Å². The van der Waals surface area contributed by atoms with Gasteiger partial charge in [-0.3, -0.25) is 24.2 Å². The summed E-state index contributed by atoms with van der Waals surface area (Å²) in [6.07, 6.45) is 6.73. The minimum Gasteiger partial charge on any atom is -0.488 e. The second-order valence-electron chi connectivity index (χ2n) is 13.7. The molecule has 5 rings (SSSR count). The molecule has 12 heteroatoms. The van der Waals surface area contributed by atoms with Gasteiger partial charge >= 0.3 is 5.97 Å². The van der Waals surface area contributed by atoms with Gasteiger partial charge in [-0.05, 0) is 55.2 Å². The van der Waals surface area contributed by atoms with E-state index in [2.05, 4.69) is 20.9 Å². The van der Waals surface area contributed by atoms with Crippen LogP contribution in [0.15, 0.2) is 36.5 Å². The van der Waals surface area contributed by atoms with E-state index >= 15 is 0 Å². The standard InChI is InChI=1S/C35H47N5O7/c1-5-23-18-35(23,34(45)46)39-31(42)27-17-24(47-28-15-16-36-26-14-10-9-13-25(26)28)19-40(27)33(44)29(20(2)3)38-32(43)30(37-21(4)41)22-11-7-6-8-12-22/h9-10,13-16,20,22-24,27,29-30H,5-8,11-12,17-19H2,1-4H3,(H,37,41)(H,38,43)(H,39,42)(H,45,46)/t23-,24-,27+,29+,30+,35?/m1/s1. The number of hydrogen-bond acceptors (Lipinski definition) is 7. The summed E-state index contributed by atoms with van der Waals surface area (Å²) in [4.78, 5) is 72.1. The van der Waals surface area contributed by atoms with Gasteiger partial charge < -0.3 is 30.7 Å². The molecular formula is C35H47N5O7. The fourth-order valence-electron chi connectivity index (χ4n) is 7.34. The molecule has 0 radical (unpaired) electrons. The molecule has 2 saturated carbocycles. The third-order valence-electron chi connectivity index (χ3n) is 10.1. The number of aromatic nitrogens is 1. The van der Waals surface area contributed by atoms with Crippen molar-refractivity contribution in [1.82, 2.24) is 25.8 Å². The van der Waals surface area contributed by atoms with Crippen LogP contribution in [0.4, 0.5) is 0 Å². The summed E-state index contributed by atoms with van der Waals surface area (Å²) in [5.74, 6) is -2.88. The number of benzene rings is 1. The van der Waals surface area contributed by atoms with Crippen LogP contribution in [0.3, 0.4) is 0 Å². The quantitative estimate of drug-likeness (QED) is 0.272. The molecule has 254 valence electrons. The van der Waals surface area contributed by atoms with E-state index in [1.54, 1.807) is 12.3 Å². The summed E-state index contributed by atoms with van der Waals surface area (Å²) >= 11 is 0. The van der Waals surface area contributed by atoms with Crippen molar-refractivity contribution in [3.05, 3.63) is 36.5 Å². The van der Waals surface area contributed by atoms with Crippen LogP contribution < -0.4 is 20.7 Å². The molecule has 0 spiro atoms. The summed E-state index contributed by atoms with van der Waals surface area (Å²) in [7, 11) is 0. The van der Waals surface area contributed by atoms with Crippen molar-refractivity contribution in [3.8, 4) is 5.75 Å². The Kier molecular flexibility index (Phi) is 10.4. The topological polar surface area (TPSA) is 167 Å². The van der Waals surface area contributed by atoms with Crippen LogP contribution in [0.2, 0.25) is 0 Å². The predicted octanol–water partition coefficient (Wildman–Crippen LogP) is 3.18. The Balaban J connectivity index is 1.40. The maximum absolute atomic E-state index is 14.4. The molecule has 12 nitrogen and oxygen atoms in total. The van der Waals surface area contributed by atoms with Gasteiger partial charge in [0.15, 0.2) is 0 Å². The minimum absolute atomic E-state index is 0.0360. The van der Waals surface area contributed by atoms with Gasteiger partial charge in [-0.1, -0.05) is 58.6 Å². The Hall–Kier alpha value is -4.22. The third-order valence-corrected chi connectivity index (χ3v) is 10.1. The van der Waals surface area contributed by atoms with E-state index in [9.17, 15) is 29.1 Å². The van der Waals surface area contributed by atoms with Crippen molar-refractivity contribution in [1.29, 1.82) is 0 Å². The van der Waals surface area contributed by atoms with Crippen molar-refractivity contribution in [2.75, 3.05) is 6.54 Å². The molecule has 0 bridgehead atoms. The van der Waals surface area contributed by atoms with E-state index in [0.717, 1.165) is 43.0 Å². The maximum atomic E-state index is 14.4. The highest BCUT2D eigenvalue weighted by atomic mass is 16.5. The van der Waals surface area contributed by atoms with Gasteiger partial charge in [-0.15, -0.1) is 0 Å². The lowest BCUT2D eigenvalue weighted by atomic mass is 9.83. The van der Waals surface area contributed by atoms with Gasteiger partial charge in [0.2, 0.25) is 23.6 Å². The first-order chi connectivity index (χ1) is 22.4. The fraction of sp³-hybridized carbons (Fsp3) is 0.600. The van der Waals surface area contributed by atoms with E-state index in [0.29, 0.717) is 18.6 Å². The zero-order chi connectivity index (χ0) is 33.9. The predicted molar refractivity (Wildman–Crippen MR) is 174 cm³/mol. The molecule has 1 aliphatic heterocycles. The Morgan fingerprint density at radius 1 is 1.06 bits per heavy atom. The first-order valence-electron chi connectivity index (χ1n) is 16.9. The summed E-state index contributed by atoms with van der Waals surface area (Å²) in [6, 6.07) is 6.46. The van der Waals surface area contributed by atoms with Crippen molar-refractivity contribution in [2.45, 2.75) is 109 Å². The van der Waals surface area contributed by atoms with Crippen LogP contribution in [0, 0.1) is 17.8 Å². The van der Waals surface area contributed by atoms with Gasteiger partial charge in [-0.2, -0.15) is 0 Å². The molecule has 6 atom stereocenters. The summed E-state index contributed by atoms with van der Waals surface area (Å²) in [5.41, 5.74) is -0.625. The summed E-state index contributed by atoms with van der Waals surface area (Å²) in [5, 5.41) is 19.3. The number of amides is 4. The first-order valence-corrected chi connectivity index (χ1v) is 16.9. The smallest absolute Gasteiger partial charge is 0.329 e. The molecular weight excluding hydrogens is 602 g/mol. The molecule has 2 aromatic rings. The third kappa shape index (κ3) is 7.36. The van der Waals surface area contributed by atoms with Crippen molar-refractivity contribution >= 4 is 40.5 Å². The lowest BCUT2D eigenvalue weighted by molar-refractivity contribution is -0.146. The number of carboxylic acids is 1. The van der Waals surface area contributed by atoms with Crippen LogP contribution in [0.25, 0.3) is 10.9 Å². The molecule has 2 heterocycles. The number of nitrogens with zero attached hydrogens (tertiary/aromatic N) is 2. The monoisotopic (exact) mass is 649 g/mol. The lowest BCUT2D eigenvalue weighted by Crippen LogP contribution is -2.60. The average Bonchev–Trinajstić information content (AvgIpc) is 3.62. The SMILES string of the molecule is CC[C@@H]1CC1(NC(=O)[C@@H]1C[C@@H](Oc2ccnc3ccccc23)CN1C(=O)[C@@H](NC(=O)[C@@H](NC(C)=O)C1CCCCC1)C(C)C)C(=O)O. The van der Waals surface area contributed by atoms with Crippen LogP contribution >= 0.6 is 0 Å². The van der Waals surface area contributed by atoms with Gasteiger partial charge in [0.25, 0.3) is 0 Å². The number of carbonyl (C=O) groups excluding carboxylic acids is 4. The average molecular weight is 650 g/mol. The number of carboxylic acid groups (broad SMARTS) is 1. The molecule has 3 fully saturated rings. The van der Waals surface area contributed by atoms with E-state index in [4.69, 9.17) is 4.74 Å². The number of fused-ring (bicyclic) bond motifs is 1. The van der Waals surface area contributed by atoms with E-state index in [-0.39, 0.29) is 36.6 Å². The molecule has 2 aliphatic carbocycles. The van der Waals surface area contributed by atoms with Crippen LogP contribution in [-0.4, -0.2) is 80.9 Å². The molecule has 1 aromatic carbocycles. The Bertz CT molecular complexity index is 1500. The van der Waals surface area contributed by atoms with Crippen LogP contribution in [0.1, 0.15) is 79.1 Å². The zero-order valence-electron chi connectivity index (χ0n) is 27.7. The fourth-order valence-corrected chi connectivity index (χ4v) is 7.34. The molecule has 1 aromatic heterocycles. The number of likely N-dealkylation sites (tertiary alicyclic amines) is 1. The lowest BCUT2D eigenvalue weighted by Gasteiger charge is -2.34. The van der Waals surface area contributed by atoms with Crippen LogP contribution in [-0.2, 0) is 24.0 Å². The first kappa shape index (κ1) is 34.1. The molecule has 4 N–H and O–H groups in total. The maximum Gasteiger partial charge on any atom is 0.329 e. The second-order valence-corrected chi connectivity index (χ2v) is 13.7. The summed E-state index contributed by atoms with van der Waals surface area (Å²) in [6.45, 7) is 6.94. The highest BCUT2D eigenvalue weighted by molar-refractivity contribution is 5.97. The second kappa shape index (κ2) is 14.3. The molecule has 47 heavy (non-hydrogen) atoms. The van der Waals surface area contributed by atoms with Gasteiger partial charge in [0.1, 0.15) is 35.5 Å². The Labute approximate surface area is 275 Å². The number of rotatable bonds is 12. The summed E-state index contributed by atoms with van der Waals surface area (Å²) < 4.78 is 6.40. The zero-order valence-corrected chi connectivity index (χ0v) is 27.7. The van der Waals surface area contributed by atoms with Crippen molar-refractivity contribution in [2.24, 2.45) is 17.8 Å². The Morgan fingerprint density at radius 3 is 2.43 bits per heavy atom. The highest BCUT2D eigenvalue weighted by Crippen LogP contribution is 2.46. The van der Waals surface area contributed by atoms with E-state index in [1.807, 2.05) is 45.0 Å². The molecule has 1 saturated heterocycles. The normalized spacial score (nSPS) is 25.6. The number of para-hydroxylation sites is 1. The number of hydrogen-bond donors (Lipinski definition) is 4. The largest absolute Gasteiger partial charge is 0.488 e. The number of carbonyl (C=O) groups is 5. The number of aliphatic carboxylic acids is 1. The van der Waals surface area contributed by atoms with E-state index < -0.39 is 53.5 Å².